The lowest BCUT2D eigenvalue weighted by atomic mass is 10.2. The molecule has 1 N–H and O–H groups in total. The van der Waals surface area contributed by atoms with E-state index in [9.17, 15) is 9.59 Å². The van der Waals surface area contributed by atoms with Crippen LogP contribution in [0.25, 0.3) is 0 Å². The maximum Gasteiger partial charge on any atom is 0.295 e. The molecule has 27 heavy (non-hydrogen) atoms. The summed E-state index contributed by atoms with van der Waals surface area (Å²) in [6.45, 7) is 0.167. The average Bonchev–Trinajstić information content (AvgIpc) is 2.69. The van der Waals surface area contributed by atoms with Crippen molar-refractivity contribution >= 4 is 23.2 Å². The first-order chi connectivity index (χ1) is 13.1. The number of hydrogen-bond donors (Lipinski definition) is 1. The number of nitrogens with one attached hydrogen (secondary N) is 1. The summed E-state index contributed by atoms with van der Waals surface area (Å²) in [5.74, 6) is 0.153. The third-order valence-electron chi connectivity index (χ3n) is 3.79. The Hall–Kier alpha value is -3.25. The molecule has 0 saturated heterocycles. The molecule has 3 rings (SSSR count). The molecular weight excluding hydrogens is 368 g/mol. The van der Waals surface area contributed by atoms with E-state index >= 15 is 0 Å². The van der Waals surface area contributed by atoms with Crippen molar-refractivity contribution in [3.8, 4) is 5.75 Å². The molecule has 0 aliphatic carbocycles. The highest BCUT2D eigenvalue weighted by Crippen LogP contribution is 2.15. The molecule has 1 heterocycles. The van der Waals surface area contributed by atoms with Gasteiger partial charge in [-0.3, -0.25) is 9.59 Å². The minimum atomic E-state index is -0.544. The Kier molecular flexibility index (Phi) is 5.78. The van der Waals surface area contributed by atoms with E-state index in [-0.39, 0.29) is 12.2 Å². The number of rotatable bonds is 6. The van der Waals surface area contributed by atoms with Crippen molar-refractivity contribution in [2.45, 2.75) is 6.61 Å². The number of carbonyl (C=O) groups excluding carboxylic acids is 1. The van der Waals surface area contributed by atoms with E-state index in [1.807, 2.05) is 0 Å². The Balaban J connectivity index is 1.72. The predicted molar refractivity (Wildman–Crippen MR) is 103 cm³/mol. The fourth-order valence-corrected chi connectivity index (χ4v) is 2.47. The van der Waals surface area contributed by atoms with Gasteiger partial charge in [-0.2, -0.15) is 4.73 Å². The zero-order chi connectivity index (χ0) is 19.2. The number of hydrogen-bond acceptors (Lipinski definition) is 4. The number of nitrogens with zero attached hydrogens (tertiary/aromatic N) is 1. The smallest absolute Gasteiger partial charge is 0.295 e. The fourth-order valence-electron chi connectivity index (χ4n) is 2.35. The van der Waals surface area contributed by atoms with Crippen molar-refractivity contribution in [1.29, 1.82) is 0 Å². The average molecular weight is 385 g/mol. The van der Waals surface area contributed by atoms with Gasteiger partial charge in [0.2, 0.25) is 0 Å². The monoisotopic (exact) mass is 384 g/mol. The van der Waals surface area contributed by atoms with E-state index < -0.39 is 11.5 Å². The van der Waals surface area contributed by atoms with Crippen molar-refractivity contribution in [3.05, 3.63) is 93.4 Å². The van der Waals surface area contributed by atoms with Crippen molar-refractivity contribution in [3.63, 3.8) is 0 Å². The molecule has 6 nitrogen and oxygen atoms in total. The highest BCUT2D eigenvalue weighted by Gasteiger charge is 2.13. The SMILES string of the molecule is COc1ccc(NC(=O)c2cccn(OCc3ccc(Cl)cc3)c2=O)cc1. The van der Waals surface area contributed by atoms with Crippen LogP contribution in [0, 0.1) is 0 Å². The van der Waals surface area contributed by atoms with Crippen LogP contribution < -0.4 is 20.5 Å². The molecule has 1 aromatic heterocycles. The first-order valence-electron chi connectivity index (χ1n) is 8.11. The minimum absolute atomic E-state index is 0.0237. The van der Waals surface area contributed by atoms with Crippen molar-refractivity contribution in [2.75, 3.05) is 12.4 Å². The Labute approximate surface area is 160 Å². The molecule has 0 atom stereocenters. The largest absolute Gasteiger partial charge is 0.497 e. The topological polar surface area (TPSA) is 69.6 Å². The molecule has 0 fully saturated rings. The maximum absolute atomic E-state index is 12.5. The van der Waals surface area contributed by atoms with Crippen LogP contribution >= 0.6 is 11.6 Å². The van der Waals surface area contributed by atoms with Gasteiger partial charge < -0.3 is 14.9 Å². The minimum Gasteiger partial charge on any atom is -0.497 e. The standard InChI is InChI=1S/C20H17ClN2O4/c1-26-17-10-8-16(9-11-17)22-19(24)18-3-2-12-23(20(18)25)27-13-14-4-6-15(21)7-5-14/h2-12H,13H2,1H3,(H,22,24). The summed E-state index contributed by atoms with van der Waals surface area (Å²) in [6, 6.07) is 16.9. The van der Waals surface area contributed by atoms with Gasteiger partial charge in [0, 0.05) is 16.9 Å². The third kappa shape index (κ3) is 4.68. The lowest BCUT2D eigenvalue weighted by Crippen LogP contribution is -2.32. The van der Waals surface area contributed by atoms with Gasteiger partial charge in [-0.1, -0.05) is 23.7 Å². The molecule has 138 valence electrons. The van der Waals surface area contributed by atoms with Gasteiger partial charge in [0.15, 0.2) is 0 Å². The number of carbonyl (C=O) groups is 1. The molecule has 1 amide bonds. The number of aromatic nitrogens is 1. The molecule has 2 aromatic carbocycles. The fraction of sp³-hybridized carbons (Fsp3) is 0.100. The second-order valence-electron chi connectivity index (χ2n) is 5.64. The summed E-state index contributed by atoms with van der Waals surface area (Å²) in [5, 5.41) is 3.30. The molecule has 0 unspecified atom stereocenters. The first-order valence-corrected chi connectivity index (χ1v) is 8.49. The van der Waals surface area contributed by atoms with Crippen LogP contribution in [0.2, 0.25) is 5.02 Å². The van der Waals surface area contributed by atoms with E-state index in [0.717, 1.165) is 10.3 Å². The molecule has 0 aliphatic rings. The highest BCUT2D eigenvalue weighted by molar-refractivity contribution is 6.30. The van der Waals surface area contributed by atoms with E-state index in [1.165, 1.54) is 12.3 Å². The molecule has 0 spiro atoms. The number of ether oxygens (including phenoxy) is 1. The number of benzene rings is 2. The molecule has 3 aromatic rings. The van der Waals surface area contributed by atoms with Crippen molar-refractivity contribution in [2.24, 2.45) is 0 Å². The summed E-state index contributed by atoms with van der Waals surface area (Å²) >= 11 is 5.85. The number of anilines is 1. The summed E-state index contributed by atoms with van der Waals surface area (Å²) in [6.07, 6.45) is 1.46. The lowest BCUT2D eigenvalue weighted by molar-refractivity contribution is 0.0863. The van der Waals surface area contributed by atoms with E-state index in [4.69, 9.17) is 21.2 Å². The lowest BCUT2D eigenvalue weighted by Gasteiger charge is -2.10. The zero-order valence-corrected chi connectivity index (χ0v) is 15.3. The maximum atomic E-state index is 12.5. The summed E-state index contributed by atoms with van der Waals surface area (Å²) < 4.78 is 6.11. The summed E-state index contributed by atoms with van der Waals surface area (Å²) in [5.41, 5.74) is 0.832. The van der Waals surface area contributed by atoms with Crippen LogP contribution in [0.3, 0.4) is 0 Å². The van der Waals surface area contributed by atoms with Crippen LogP contribution in [0.1, 0.15) is 15.9 Å². The van der Waals surface area contributed by atoms with Crippen LogP contribution in [0.15, 0.2) is 71.7 Å². The second kappa shape index (κ2) is 8.42. The molecule has 0 bridgehead atoms. The first kappa shape index (κ1) is 18.5. The third-order valence-corrected chi connectivity index (χ3v) is 4.04. The van der Waals surface area contributed by atoms with E-state index in [1.54, 1.807) is 61.7 Å². The number of halogens is 1. The number of methoxy groups -OCH3 is 1. The van der Waals surface area contributed by atoms with Crippen LogP contribution in [0.5, 0.6) is 5.75 Å². The number of amides is 1. The van der Waals surface area contributed by atoms with Gasteiger partial charge in [-0.25, -0.2) is 0 Å². The van der Waals surface area contributed by atoms with Gasteiger partial charge in [0.05, 0.1) is 7.11 Å². The summed E-state index contributed by atoms with van der Waals surface area (Å²) in [4.78, 5) is 30.4. The Morgan fingerprint density at radius 2 is 1.78 bits per heavy atom. The van der Waals surface area contributed by atoms with Gasteiger partial charge >= 0.3 is 0 Å². The molecular formula is C20H17ClN2O4. The summed E-state index contributed by atoms with van der Waals surface area (Å²) in [7, 11) is 1.56. The second-order valence-corrected chi connectivity index (χ2v) is 6.07. The van der Waals surface area contributed by atoms with E-state index in [0.29, 0.717) is 16.5 Å². The Morgan fingerprint density at radius 1 is 1.07 bits per heavy atom. The van der Waals surface area contributed by atoms with Crippen LogP contribution in [-0.2, 0) is 6.61 Å². The van der Waals surface area contributed by atoms with Gasteiger partial charge in [0.1, 0.15) is 17.9 Å². The predicted octanol–water partition coefficient (Wildman–Crippen LogP) is 3.39. The normalized spacial score (nSPS) is 10.3. The van der Waals surface area contributed by atoms with Crippen LogP contribution in [-0.4, -0.2) is 17.7 Å². The van der Waals surface area contributed by atoms with Gasteiger partial charge in [-0.15, -0.1) is 0 Å². The molecule has 0 saturated carbocycles. The quantitative estimate of drug-likeness (QED) is 0.707. The Bertz CT molecular complexity index is 982. The Morgan fingerprint density at radius 3 is 2.44 bits per heavy atom. The molecule has 0 aliphatic heterocycles. The van der Waals surface area contributed by atoms with E-state index in [2.05, 4.69) is 5.32 Å². The molecule has 0 radical (unpaired) electrons. The van der Waals surface area contributed by atoms with Gasteiger partial charge in [0.25, 0.3) is 11.5 Å². The van der Waals surface area contributed by atoms with Crippen molar-refractivity contribution in [1.82, 2.24) is 4.73 Å². The van der Waals surface area contributed by atoms with Crippen molar-refractivity contribution < 1.29 is 14.4 Å². The highest BCUT2D eigenvalue weighted by atomic mass is 35.5. The zero-order valence-electron chi connectivity index (χ0n) is 14.5. The van der Waals surface area contributed by atoms with Gasteiger partial charge in [-0.05, 0) is 54.1 Å². The van der Waals surface area contributed by atoms with Crippen LogP contribution in [0.4, 0.5) is 5.69 Å². The number of pyridine rings is 1. The molecule has 7 heteroatoms.